The molecule has 2 N–H and O–H groups in total. The maximum absolute atomic E-state index is 11.7. The molecule has 0 fully saturated rings. The predicted octanol–water partition coefficient (Wildman–Crippen LogP) is 1.37. The van der Waals surface area contributed by atoms with E-state index in [9.17, 15) is 4.79 Å². The van der Waals surface area contributed by atoms with Crippen molar-refractivity contribution in [2.75, 3.05) is 18.4 Å². The van der Waals surface area contributed by atoms with Crippen LogP contribution in [0.15, 0.2) is 36.9 Å². The maximum atomic E-state index is 11.7. The van der Waals surface area contributed by atoms with Crippen molar-refractivity contribution in [2.24, 2.45) is 0 Å². The minimum Gasteiger partial charge on any atom is -0.367 e. The summed E-state index contributed by atoms with van der Waals surface area (Å²) < 4.78 is 0. The lowest BCUT2D eigenvalue weighted by Crippen LogP contribution is -2.28. The van der Waals surface area contributed by atoms with Gasteiger partial charge in [-0.1, -0.05) is 11.6 Å². The van der Waals surface area contributed by atoms with Crippen molar-refractivity contribution >= 4 is 23.3 Å². The number of pyridine rings is 1. The Hall–Kier alpha value is -2.21. The van der Waals surface area contributed by atoms with Gasteiger partial charge in [0.15, 0.2) is 0 Å². The topological polar surface area (TPSA) is 79.8 Å². The van der Waals surface area contributed by atoms with Crippen molar-refractivity contribution in [3.8, 4) is 0 Å². The average Bonchev–Trinajstić information content (AvgIpc) is 2.44. The molecule has 0 radical (unpaired) electrons. The minimum absolute atomic E-state index is 0.160. The zero-order valence-electron chi connectivity index (χ0n) is 10.0. The third kappa shape index (κ3) is 4.18. The highest BCUT2D eigenvalue weighted by atomic mass is 35.5. The molecule has 0 aliphatic carbocycles. The van der Waals surface area contributed by atoms with Crippen LogP contribution in [-0.2, 0) is 0 Å². The summed E-state index contributed by atoms with van der Waals surface area (Å²) in [6.45, 7) is 0.989. The molecule has 2 aromatic rings. The average molecular weight is 278 g/mol. The zero-order chi connectivity index (χ0) is 13.5. The van der Waals surface area contributed by atoms with Gasteiger partial charge in [-0.15, -0.1) is 0 Å². The van der Waals surface area contributed by atoms with Crippen LogP contribution in [0.5, 0.6) is 0 Å². The second-order valence-corrected chi connectivity index (χ2v) is 4.04. The molecule has 0 unspecified atom stereocenters. The molecule has 0 saturated heterocycles. The number of hydrogen-bond donors (Lipinski definition) is 2. The standard InChI is InChI=1S/C12H12ClN5O/c13-10-7-15-8-11(18-10)16-4-5-17-12(19)9-2-1-3-14-6-9/h1-3,6-8H,4-5H2,(H,16,18)(H,17,19). The molecule has 2 rings (SSSR count). The van der Waals surface area contributed by atoms with Gasteiger partial charge in [-0.25, -0.2) is 4.98 Å². The van der Waals surface area contributed by atoms with E-state index < -0.39 is 0 Å². The molecule has 0 aliphatic rings. The Balaban J connectivity index is 1.74. The number of rotatable bonds is 5. The SMILES string of the molecule is O=C(NCCNc1cncc(Cl)n1)c1cccnc1. The number of carbonyl (C=O) groups excluding carboxylic acids is 1. The number of nitrogens with one attached hydrogen (secondary N) is 2. The summed E-state index contributed by atoms with van der Waals surface area (Å²) in [7, 11) is 0. The first-order valence-corrected chi connectivity index (χ1v) is 6.03. The van der Waals surface area contributed by atoms with Gasteiger partial charge in [-0.3, -0.25) is 14.8 Å². The summed E-state index contributed by atoms with van der Waals surface area (Å²) in [6.07, 6.45) is 6.16. The van der Waals surface area contributed by atoms with Gasteiger partial charge in [0.05, 0.1) is 18.0 Å². The fourth-order valence-electron chi connectivity index (χ4n) is 1.39. The molecule has 19 heavy (non-hydrogen) atoms. The molecule has 0 aliphatic heterocycles. The van der Waals surface area contributed by atoms with E-state index in [0.717, 1.165) is 0 Å². The van der Waals surface area contributed by atoms with Crippen LogP contribution in [-0.4, -0.2) is 33.9 Å². The van der Waals surface area contributed by atoms with Crippen molar-refractivity contribution in [3.05, 3.63) is 47.6 Å². The van der Waals surface area contributed by atoms with E-state index in [1.165, 1.54) is 12.4 Å². The summed E-state index contributed by atoms with van der Waals surface area (Å²) in [6, 6.07) is 3.42. The van der Waals surface area contributed by atoms with Gasteiger partial charge >= 0.3 is 0 Å². The summed E-state index contributed by atoms with van der Waals surface area (Å²) in [5.74, 6) is 0.412. The number of anilines is 1. The molecule has 0 aromatic carbocycles. The van der Waals surface area contributed by atoms with E-state index in [-0.39, 0.29) is 5.91 Å². The Bertz CT molecular complexity index is 549. The quantitative estimate of drug-likeness (QED) is 0.807. The van der Waals surface area contributed by atoms with Gasteiger partial charge < -0.3 is 10.6 Å². The summed E-state index contributed by atoms with van der Waals surface area (Å²) in [4.78, 5) is 23.5. The third-order valence-electron chi connectivity index (χ3n) is 2.25. The predicted molar refractivity (Wildman–Crippen MR) is 72.1 cm³/mol. The largest absolute Gasteiger partial charge is 0.367 e. The first-order valence-electron chi connectivity index (χ1n) is 5.65. The van der Waals surface area contributed by atoms with E-state index in [0.29, 0.717) is 29.6 Å². The van der Waals surface area contributed by atoms with Crippen molar-refractivity contribution < 1.29 is 4.79 Å². The maximum Gasteiger partial charge on any atom is 0.252 e. The number of carbonyl (C=O) groups is 1. The number of amides is 1. The normalized spacial score (nSPS) is 9.95. The smallest absolute Gasteiger partial charge is 0.252 e. The van der Waals surface area contributed by atoms with Crippen molar-refractivity contribution in [1.29, 1.82) is 0 Å². The van der Waals surface area contributed by atoms with E-state index >= 15 is 0 Å². The fourth-order valence-corrected chi connectivity index (χ4v) is 1.54. The van der Waals surface area contributed by atoms with Gasteiger partial charge in [0.1, 0.15) is 11.0 Å². The van der Waals surface area contributed by atoms with Crippen LogP contribution >= 0.6 is 11.6 Å². The summed E-state index contributed by atoms with van der Waals surface area (Å²) in [5, 5.41) is 6.09. The van der Waals surface area contributed by atoms with E-state index in [1.807, 2.05) is 0 Å². The molecule has 0 saturated carbocycles. The van der Waals surface area contributed by atoms with Gasteiger partial charge in [-0.2, -0.15) is 0 Å². The highest BCUT2D eigenvalue weighted by molar-refractivity contribution is 6.29. The molecule has 0 atom stereocenters. The summed E-state index contributed by atoms with van der Waals surface area (Å²) in [5.41, 5.74) is 0.532. The van der Waals surface area contributed by atoms with Crippen molar-refractivity contribution in [3.63, 3.8) is 0 Å². The third-order valence-corrected chi connectivity index (χ3v) is 2.43. The molecule has 98 valence electrons. The van der Waals surface area contributed by atoms with Gasteiger partial charge in [0, 0.05) is 25.5 Å². The molecule has 0 spiro atoms. The Labute approximate surface area is 115 Å². The fraction of sp³-hybridized carbons (Fsp3) is 0.167. The van der Waals surface area contributed by atoms with Crippen molar-refractivity contribution in [1.82, 2.24) is 20.3 Å². The van der Waals surface area contributed by atoms with Crippen LogP contribution in [0.4, 0.5) is 5.82 Å². The Morgan fingerprint density at radius 3 is 2.84 bits per heavy atom. The number of nitrogens with zero attached hydrogens (tertiary/aromatic N) is 3. The monoisotopic (exact) mass is 277 g/mol. The second kappa shape index (κ2) is 6.65. The van der Waals surface area contributed by atoms with Gasteiger partial charge in [0.2, 0.25) is 0 Å². The second-order valence-electron chi connectivity index (χ2n) is 3.65. The Morgan fingerprint density at radius 1 is 1.21 bits per heavy atom. The Kier molecular flexibility index (Phi) is 4.63. The number of hydrogen-bond acceptors (Lipinski definition) is 5. The molecular weight excluding hydrogens is 266 g/mol. The van der Waals surface area contributed by atoms with Gasteiger partial charge in [0.25, 0.3) is 5.91 Å². The van der Waals surface area contributed by atoms with Gasteiger partial charge in [-0.05, 0) is 12.1 Å². The number of aromatic nitrogens is 3. The van der Waals surface area contributed by atoms with Crippen LogP contribution in [0.2, 0.25) is 5.15 Å². The molecule has 1 amide bonds. The van der Waals surface area contributed by atoms with Crippen LogP contribution in [0, 0.1) is 0 Å². The lowest BCUT2D eigenvalue weighted by molar-refractivity contribution is 0.0955. The lowest BCUT2D eigenvalue weighted by atomic mass is 10.3. The van der Waals surface area contributed by atoms with Crippen LogP contribution in [0.25, 0.3) is 0 Å². The molecular formula is C12H12ClN5O. The molecule has 2 heterocycles. The van der Waals surface area contributed by atoms with Crippen LogP contribution in [0.1, 0.15) is 10.4 Å². The Morgan fingerprint density at radius 2 is 2.11 bits per heavy atom. The summed E-state index contributed by atoms with van der Waals surface area (Å²) >= 11 is 5.70. The lowest BCUT2D eigenvalue weighted by Gasteiger charge is -2.07. The van der Waals surface area contributed by atoms with Crippen LogP contribution < -0.4 is 10.6 Å². The van der Waals surface area contributed by atoms with E-state index in [2.05, 4.69) is 25.6 Å². The van der Waals surface area contributed by atoms with E-state index in [1.54, 1.807) is 24.5 Å². The first-order chi connectivity index (χ1) is 9.25. The minimum atomic E-state index is -0.160. The first kappa shape index (κ1) is 13.2. The number of halogens is 1. The highest BCUT2D eigenvalue weighted by Gasteiger charge is 2.03. The highest BCUT2D eigenvalue weighted by Crippen LogP contribution is 2.05. The van der Waals surface area contributed by atoms with E-state index in [4.69, 9.17) is 11.6 Å². The molecule has 7 heteroatoms. The van der Waals surface area contributed by atoms with Crippen molar-refractivity contribution in [2.45, 2.75) is 0 Å². The zero-order valence-corrected chi connectivity index (χ0v) is 10.8. The molecule has 6 nitrogen and oxygen atoms in total. The molecule has 0 bridgehead atoms. The van der Waals surface area contributed by atoms with Crippen LogP contribution in [0.3, 0.4) is 0 Å². The molecule has 2 aromatic heterocycles.